The van der Waals surface area contributed by atoms with Gasteiger partial charge in [0.05, 0.1) is 27.8 Å². The van der Waals surface area contributed by atoms with Gasteiger partial charge in [0.15, 0.2) is 0 Å². The largest absolute Gasteiger partial charge is 0.508 e. The van der Waals surface area contributed by atoms with Gasteiger partial charge in [-0.1, -0.05) is 48.3 Å². The van der Waals surface area contributed by atoms with E-state index < -0.39 is 12.5 Å². The second-order valence-corrected chi connectivity index (χ2v) is 15.6. The Morgan fingerprint density at radius 2 is 1.66 bits per heavy atom. The zero-order valence-corrected chi connectivity index (χ0v) is 35.4. The molecule has 0 bridgehead atoms. The van der Waals surface area contributed by atoms with Crippen LogP contribution in [0.15, 0.2) is 67.1 Å². The molecule has 0 fully saturated rings. The Kier molecular flexibility index (Phi) is 13.7. The average Bonchev–Trinajstić information content (AvgIpc) is 3.91. The van der Waals surface area contributed by atoms with Crippen LogP contribution in [0.3, 0.4) is 0 Å². The van der Waals surface area contributed by atoms with Crippen LogP contribution in [0, 0.1) is 0 Å². The number of amides is 4. The van der Waals surface area contributed by atoms with E-state index in [1.165, 1.54) is 0 Å². The molecule has 0 saturated carbocycles. The summed E-state index contributed by atoms with van der Waals surface area (Å²) in [6.45, 7) is 3.40. The molecule has 6 aromatic rings. The second kappa shape index (κ2) is 19.5. The topological polar surface area (TPSA) is 233 Å². The highest BCUT2D eigenvalue weighted by atomic mass is 35.5. The lowest BCUT2D eigenvalue weighted by Crippen LogP contribution is -2.37. The summed E-state index contributed by atoms with van der Waals surface area (Å²) in [5, 5.41) is 33.8. The third-order valence-corrected chi connectivity index (χ3v) is 11.6. The maximum absolute atomic E-state index is 12.8. The lowest BCUT2D eigenvalue weighted by molar-refractivity contribution is -0.135. The van der Waals surface area contributed by atoms with Crippen molar-refractivity contribution in [3.8, 4) is 39.3 Å². The smallest absolute Gasteiger partial charge is 0.269 e. The lowest BCUT2D eigenvalue weighted by atomic mass is 9.92. The summed E-state index contributed by atoms with van der Waals surface area (Å²) < 4.78 is 1.71. The molecule has 5 heterocycles. The predicted molar refractivity (Wildman–Crippen MR) is 236 cm³/mol. The van der Waals surface area contributed by atoms with Gasteiger partial charge in [-0.2, -0.15) is 5.10 Å². The second-order valence-electron chi connectivity index (χ2n) is 14.8. The van der Waals surface area contributed by atoms with Crippen LogP contribution in [0.4, 0.5) is 5.82 Å². The molecule has 7 rings (SSSR count). The van der Waals surface area contributed by atoms with Gasteiger partial charge in [-0.3, -0.25) is 28.8 Å². The number of aliphatic hydroxyl groups excluding tert-OH is 1. The molecule has 8 N–H and O–H groups in total. The Morgan fingerprint density at radius 1 is 0.903 bits per heavy atom. The fourth-order valence-corrected chi connectivity index (χ4v) is 8.05. The highest BCUT2D eigenvalue weighted by Crippen LogP contribution is 2.42. The minimum absolute atomic E-state index is 0.0566. The summed E-state index contributed by atoms with van der Waals surface area (Å²) >= 11 is 13.1. The maximum Gasteiger partial charge on any atom is 0.269 e. The van der Waals surface area contributed by atoms with Crippen molar-refractivity contribution >= 4 is 63.6 Å². The van der Waals surface area contributed by atoms with Crippen LogP contribution in [0.1, 0.15) is 53.5 Å². The number of hydrogen-bond acceptors (Lipinski definition) is 10. The van der Waals surface area contributed by atoms with Crippen LogP contribution >= 0.6 is 23.2 Å². The molecule has 16 nitrogen and oxygen atoms in total. The van der Waals surface area contributed by atoms with Crippen molar-refractivity contribution < 1.29 is 29.4 Å². The molecule has 0 atom stereocenters. The zero-order valence-electron chi connectivity index (χ0n) is 33.9. The van der Waals surface area contributed by atoms with Crippen molar-refractivity contribution in [3.05, 3.63) is 99.7 Å². The van der Waals surface area contributed by atoms with Gasteiger partial charge in [0, 0.05) is 109 Å². The Balaban J connectivity index is 0.825. The van der Waals surface area contributed by atoms with Gasteiger partial charge in [-0.25, -0.2) is 4.98 Å². The number of phenols is 1. The zero-order chi connectivity index (χ0) is 43.9. The number of carbonyl (C=O) groups excluding carboxylic acids is 4. The molecule has 1 aliphatic heterocycles. The van der Waals surface area contributed by atoms with Crippen molar-refractivity contribution in [2.24, 2.45) is 0 Å². The highest BCUT2D eigenvalue weighted by Gasteiger charge is 2.27. The number of aromatic amines is 1. The normalized spacial score (nSPS) is 12.3. The van der Waals surface area contributed by atoms with E-state index >= 15 is 0 Å². The molecule has 0 saturated heterocycles. The third kappa shape index (κ3) is 9.67. The first kappa shape index (κ1) is 43.6. The van der Waals surface area contributed by atoms with E-state index in [1.807, 2.05) is 13.0 Å². The summed E-state index contributed by atoms with van der Waals surface area (Å²) in [6, 6.07) is 13.8. The van der Waals surface area contributed by atoms with E-state index in [1.54, 1.807) is 70.6 Å². The quantitative estimate of drug-likeness (QED) is 0.0642. The van der Waals surface area contributed by atoms with Gasteiger partial charge in [0.2, 0.25) is 17.7 Å². The fourth-order valence-electron chi connectivity index (χ4n) is 7.65. The van der Waals surface area contributed by atoms with Gasteiger partial charge in [0.1, 0.15) is 23.9 Å². The molecular weight excluding hydrogens is 835 g/mol. The van der Waals surface area contributed by atoms with Crippen molar-refractivity contribution in [2.45, 2.75) is 52.1 Å². The van der Waals surface area contributed by atoms with E-state index in [-0.39, 0.29) is 48.6 Å². The summed E-state index contributed by atoms with van der Waals surface area (Å²) in [7, 11) is 0. The molecule has 322 valence electrons. The number of aliphatic hydroxyl groups is 1. The summed E-state index contributed by atoms with van der Waals surface area (Å²) in [4.78, 5) is 63.8. The van der Waals surface area contributed by atoms with Gasteiger partial charge >= 0.3 is 0 Å². The Hall–Kier alpha value is -6.49. The fraction of sp³-hybridized carbons (Fsp3) is 0.295. The molecule has 1 aliphatic rings. The van der Waals surface area contributed by atoms with Crippen LogP contribution < -0.4 is 21.7 Å². The summed E-state index contributed by atoms with van der Waals surface area (Å²) in [6.07, 6.45) is 7.04. The number of aromatic nitrogens is 5. The molecule has 0 aliphatic carbocycles. The molecule has 4 aromatic heterocycles. The Bertz CT molecular complexity index is 2630. The minimum Gasteiger partial charge on any atom is -0.508 e. The number of aromatic hydroxyl groups is 1. The number of nitrogens with one attached hydrogen (secondary N) is 4. The van der Waals surface area contributed by atoms with Crippen LogP contribution in [0.5, 0.6) is 5.75 Å². The molecule has 0 unspecified atom stereocenters. The number of rotatable bonds is 16. The number of hydrogen-bond donors (Lipinski definition) is 7. The third-order valence-electron chi connectivity index (χ3n) is 10.8. The van der Waals surface area contributed by atoms with E-state index in [9.17, 15) is 29.4 Å². The van der Waals surface area contributed by atoms with Gasteiger partial charge < -0.3 is 41.8 Å². The monoisotopic (exact) mass is 880 g/mol. The molecule has 18 heteroatoms. The van der Waals surface area contributed by atoms with Gasteiger partial charge in [-0.15, -0.1) is 0 Å². The van der Waals surface area contributed by atoms with E-state index in [0.717, 1.165) is 50.0 Å². The van der Waals surface area contributed by atoms with Gasteiger partial charge in [-0.05, 0) is 54.3 Å². The number of benzene rings is 2. The summed E-state index contributed by atoms with van der Waals surface area (Å²) in [5.41, 5.74) is 14.6. The van der Waals surface area contributed by atoms with Crippen molar-refractivity contribution in [2.75, 3.05) is 38.5 Å². The standard InChI is InChI=1S/C44H46Cl2N10O6/c1-2-28-30(22-52-43(47)39(28)25-5-8-27(58)9-6-25)26-7-10-35(51-21-26)44(62)50-15-11-37(60)48-14-3-4-36(59)49-16-19-56-18-13-34(54-56)29-20-32(45)41(46)42-40(29)31-23-55(38(61)24-57)17-12-33(31)53-42/h5-10,13,18,20-22,53,57-58H,2-4,11-12,14-17,19,23-24H2,1H3,(H2,47,52)(H,48,60)(H,49,59)(H,50,62). The maximum atomic E-state index is 12.8. The number of nitrogen functional groups attached to an aromatic ring is 1. The van der Waals surface area contributed by atoms with E-state index in [0.29, 0.717) is 79.1 Å². The van der Waals surface area contributed by atoms with E-state index in [4.69, 9.17) is 34.0 Å². The number of nitrogens with zero attached hydrogens (tertiary/aromatic N) is 5. The first-order valence-electron chi connectivity index (χ1n) is 20.2. The predicted octanol–water partition coefficient (Wildman–Crippen LogP) is 5.02. The van der Waals surface area contributed by atoms with Crippen LogP contribution in [0.2, 0.25) is 10.0 Å². The number of carbonyl (C=O) groups is 4. The molecule has 4 amide bonds. The van der Waals surface area contributed by atoms with Crippen LogP contribution in [-0.2, 0) is 40.3 Å². The first-order chi connectivity index (χ1) is 29.9. The molecular formula is C44H46Cl2N10O6. The number of halogens is 2. The molecule has 0 spiro atoms. The number of fused-ring (bicyclic) bond motifs is 3. The van der Waals surface area contributed by atoms with E-state index in [2.05, 4.69) is 30.9 Å². The minimum atomic E-state index is -0.562. The van der Waals surface area contributed by atoms with Crippen molar-refractivity contribution in [1.29, 1.82) is 0 Å². The Morgan fingerprint density at radius 3 is 2.40 bits per heavy atom. The van der Waals surface area contributed by atoms with Crippen LogP contribution in [0.25, 0.3) is 44.4 Å². The highest BCUT2D eigenvalue weighted by molar-refractivity contribution is 6.45. The molecule has 0 radical (unpaired) electrons. The molecule has 2 aromatic carbocycles. The SMILES string of the molecule is CCc1c(-c2ccc(C(=O)NCCC(=O)NCCCC(=O)NCCn3ccc(-c4cc(Cl)c(Cl)c5[nH]c6c(c45)CN(C(=O)CO)CC6)n3)nc2)cnc(N)c1-c1ccc(O)cc1. The average molecular weight is 882 g/mol. The Labute approximate surface area is 366 Å². The first-order valence-corrected chi connectivity index (χ1v) is 21.0. The van der Waals surface area contributed by atoms with Crippen LogP contribution in [-0.4, -0.2) is 96.3 Å². The lowest BCUT2D eigenvalue weighted by Gasteiger charge is -2.26. The van der Waals surface area contributed by atoms with Gasteiger partial charge in [0.25, 0.3) is 5.91 Å². The number of pyridine rings is 2. The number of H-pyrrole nitrogens is 1. The van der Waals surface area contributed by atoms with Crippen molar-refractivity contribution in [1.82, 2.24) is 45.6 Å². The molecule has 62 heavy (non-hydrogen) atoms. The number of anilines is 1. The van der Waals surface area contributed by atoms with Crippen molar-refractivity contribution in [3.63, 3.8) is 0 Å². The number of phenolic OH excluding ortho intramolecular Hbond substituents is 1. The summed E-state index contributed by atoms with van der Waals surface area (Å²) in [5.74, 6) is -0.661. The number of nitrogens with two attached hydrogens (primary N) is 1.